The van der Waals surface area contributed by atoms with Crippen LogP contribution < -0.4 is 5.56 Å². The lowest BCUT2D eigenvalue weighted by Gasteiger charge is -2.23. The van der Waals surface area contributed by atoms with Crippen LogP contribution in [0.15, 0.2) is 35.1 Å². The second kappa shape index (κ2) is 7.24. The largest absolute Gasteiger partial charge is 0.342 e. The normalized spacial score (nSPS) is 22.7. The van der Waals surface area contributed by atoms with Crippen molar-refractivity contribution in [3.63, 3.8) is 0 Å². The summed E-state index contributed by atoms with van der Waals surface area (Å²) in [6, 6.07) is 9.75. The van der Waals surface area contributed by atoms with Crippen LogP contribution in [0.4, 0.5) is 0 Å². The molecule has 1 atom stereocenters. The zero-order valence-electron chi connectivity index (χ0n) is 17.1. The highest BCUT2D eigenvalue weighted by atomic mass is 16.2. The number of amides is 1. The SMILES string of the molecule is CCCN1CCC2(CCN(Cc3c(C)n(C)n(-c4ccccc4)c3=O)C2)C1=O. The Morgan fingerprint density at radius 3 is 2.50 bits per heavy atom. The molecule has 28 heavy (non-hydrogen) atoms. The Hall–Kier alpha value is -2.34. The van der Waals surface area contributed by atoms with Crippen LogP contribution in [-0.2, 0) is 18.4 Å². The predicted octanol–water partition coefficient (Wildman–Crippen LogP) is 2.32. The molecule has 2 aliphatic rings. The number of carbonyl (C=O) groups is 1. The third-order valence-corrected chi connectivity index (χ3v) is 6.58. The van der Waals surface area contributed by atoms with E-state index in [9.17, 15) is 9.59 Å². The van der Waals surface area contributed by atoms with E-state index in [1.807, 2.05) is 53.9 Å². The van der Waals surface area contributed by atoms with Gasteiger partial charge in [-0.1, -0.05) is 25.1 Å². The first-order chi connectivity index (χ1) is 13.5. The fourth-order valence-corrected chi connectivity index (χ4v) is 4.88. The highest BCUT2D eigenvalue weighted by Crippen LogP contribution is 2.41. The maximum Gasteiger partial charge on any atom is 0.276 e. The average molecular weight is 383 g/mol. The van der Waals surface area contributed by atoms with Crippen molar-refractivity contribution in [3.8, 4) is 5.69 Å². The van der Waals surface area contributed by atoms with E-state index >= 15 is 0 Å². The van der Waals surface area contributed by atoms with Crippen molar-refractivity contribution in [1.29, 1.82) is 0 Å². The van der Waals surface area contributed by atoms with Crippen LogP contribution in [0.3, 0.4) is 0 Å². The Morgan fingerprint density at radius 2 is 1.79 bits per heavy atom. The zero-order chi connectivity index (χ0) is 19.9. The summed E-state index contributed by atoms with van der Waals surface area (Å²) in [5.74, 6) is 0.323. The van der Waals surface area contributed by atoms with Crippen molar-refractivity contribution >= 4 is 5.91 Å². The summed E-state index contributed by atoms with van der Waals surface area (Å²) in [6.45, 7) is 8.13. The standard InChI is InChI=1S/C22H30N4O2/c1-4-12-25-14-11-22(21(25)28)10-13-24(16-22)15-19-17(2)23(3)26(20(19)27)18-8-6-5-7-9-18/h5-9H,4,10-16H2,1-3H3. The lowest BCUT2D eigenvalue weighted by Crippen LogP contribution is -2.37. The van der Waals surface area contributed by atoms with Crippen molar-refractivity contribution in [2.75, 3.05) is 26.2 Å². The highest BCUT2D eigenvalue weighted by Gasteiger charge is 2.50. The number of rotatable bonds is 5. The van der Waals surface area contributed by atoms with E-state index in [4.69, 9.17) is 0 Å². The van der Waals surface area contributed by atoms with Gasteiger partial charge in [0.05, 0.1) is 16.7 Å². The van der Waals surface area contributed by atoms with Crippen LogP contribution >= 0.6 is 0 Å². The van der Waals surface area contributed by atoms with Crippen LogP contribution in [-0.4, -0.2) is 51.2 Å². The quantitative estimate of drug-likeness (QED) is 0.797. The summed E-state index contributed by atoms with van der Waals surface area (Å²) in [6.07, 6.45) is 2.86. The van der Waals surface area contributed by atoms with Crippen LogP contribution in [0.2, 0.25) is 0 Å². The number of carbonyl (C=O) groups excluding carboxylic acids is 1. The van der Waals surface area contributed by atoms with Gasteiger partial charge in [-0.25, -0.2) is 4.68 Å². The van der Waals surface area contributed by atoms with E-state index < -0.39 is 0 Å². The highest BCUT2D eigenvalue weighted by molar-refractivity contribution is 5.85. The number of hydrogen-bond acceptors (Lipinski definition) is 3. The van der Waals surface area contributed by atoms with Gasteiger partial charge in [0.1, 0.15) is 0 Å². The predicted molar refractivity (Wildman–Crippen MR) is 110 cm³/mol. The van der Waals surface area contributed by atoms with E-state index in [2.05, 4.69) is 11.8 Å². The van der Waals surface area contributed by atoms with Gasteiger partial charge in [0.15, 0.2) is 0 Å². The van der Waals surface area contributed by atoms with Gasteiger partial charge in [0.2, 0.25) is 5.91 Å². The van der Waals surface area contributed by atoms with Crippen molar-refractivity contribution in [2.24, 2.45) is 12.5 Å². The molecule has 2 fully saturated rings. The Kier molecular flexibility index (Phi) is 4.91. The van der Waals surface area contributed by atoms with Gasteiger partial charge in [-0.2, -0.15) is 0 Å². The second-order valence-electron chi connectivity index (χ2n) is 8.32. The minimum Gasteiger partial charge on any atom is -0.342 e. The van der Waals surface area contributed by atoms with E-state index in [0.717, 1.165) is 62.4 Å². The van der Waals surface area contributed by atoms with Crippen molar-refractivity contribution in [3.05, 3.63) is 51.9 Å². The van der Waals surface area contributed by atoms with Gasteiger partial charge in [-0.05, 0) is 44.9 Å². The summed E-state index contributed by atoms with van der Waals surface area (Å²) in [7, 11) is 1.93. The summed E-state index contributed by atoms with van der Waals surface area (Å²) in [4.78, 5) is 30.4. The average Bonchev–Trinajstić information content (AvgIpc) is 3.31. The smallest absolute Gasteiger partial charge is 0.276 e. The summed E-state index contributed by atoms with van der Waals surface area (Å²) >= 11 is 0. The fourth-order valence-electron chi connectivity index (χ4n) is 4.88. The van der Waals surface area contributed by atoms with E-state index in [1.165, 1.54) is 0 Å². The number of likely N-dealkylation sites (tertiary alicyclic amines) is 2. The molecule has 0 aliphatic carbocycles. The third-order valence-electron chi connectivity index (χ3n) is 6.58. The molecular formula is C22H30N4O2. The molecule has 6 heteroatoms. The fraction of sp³-hybridized carbons (Fsp3) is 0.545. The molecule has 1 spiro atoms. The number of para-hydroxylation sites is 1. The Morgan fingerprint density at radius 1 is 1.07 bits per heavy atom. The lowest BCUT2D eigenvalue weighted by molar-refractivity contribution is -0.135. The second-order valence-corrected chi connectivity index (χ2v) is 8.32. The Balaban J connectivity index is 1.55. The van der Waals surface area contributed by atoms with Crippen LogP contribution in [0.25, 0.3) is 5.69 Å². The topological polar surface area (TPSA) is 50.5 Å². The van der Waals surface area contributed by atoms with Gasteiger partial charge in [0, 0.05) is 38.9 Å². The number of nitrogens with zero attached hydrogens (tertiary/aromatic N) is 4. The molecule has 3 heterocycles. The van der Waals surface area contributed by atoms with Gasteiger partial charge in [-0.3, -0.25) is 19.2 Å². The van der Waals surface area contributed by atoms with E-state index in [0.29, 0.717) is 12.5 Å². The number of hydrogen-bond donors (Lipinski definition) is 0. The minimum absolute atomic E-state index is 0.0394. The molecule has 2 aromatic rings. The first-order valence-corrected chi connectivity index (χ1v) is 10.3. The molecule has 0 saturated carbocycles. The minimum atomic E-state index is -0.226. The van der Waals surface area contributed by atoms with Crippen LogP contribution in [0.1, 0.15) is 37.4 Å². The van der Waals surface area contributed by atoms with Gasteiger partial charge in [0.25, 0.3) is 5.56 Å². The maximum absolute atomic E-state index is 13.2. The molecule has 2 aliphatic heterocycles. The molecule has 0 bridgehead atoms. The number of benzene rings is 1. The van der Waals surface area contributed by atoms with Crippen molar-refractivity contribution in [1.82, 2.24) is 19.2 Å². The van der Waals surface area contributed by atoms with Crippen molar-refractivity contribution in [2.45, 2.75) is 39.7 Å². The molecule has 0 radical (unpaired) electrons. The van der Waals surface area contributed by atoms with Crippen LogP contribution in [0, 0.1) is 12.3 Å². The Labute approximate surface area is 166 Å². The third kappa shape index (κ3) is 3.00. The summed E-state index contributed by atoms with van der Waals surface area (Å²) in [5.41, 5.74) is 2.51. The Bertz CT molecular complexity index is 930. The number of aromatic nitrogens is 2. The summed E-state index contributed by atoms with van der Waals surface area (Å²) < 4.78 is 3.67. The molecule has 1 amide bonds. The molecule has 1 unspecified atom stereocenters. The molecule has 1 aromatic heterocycles. The molecule has 4 rings (SSSR count). The molecule has 6 nitrogen and oxygen atoms in total. The summed E-state index contributed by atoms with van der Waals surface area (Å²) in [5, 5.41) is 0. The van der Waals surface area contributed by atoms with Crippen molar-refractivity contribution < 1.29 is 4.79 Å². The van der Waals surface area contributed by atoms with Gasteiger partial charge in [-0.15, -0.1) is 0 Å². The maximum atomic E-state index is 13.2. The molecular weight excluding hydrogens is 352 g/mol. The lowest BCUT2D eigenvalue weighted by atomic mass is 9.85. The molecule has 150 valence electrons. The van der Waals surface area contributed by atoms with Crippen LogP contribution in [0.5, 0.6) is 0 Å². The molecule has 0 N–H and O–H groups in total. The van der Waals surface area contributed by atoms with Gasteiger partial charge < -0.3 is 4.90 Å². The van der Waals surface area contributed by atoms with Gasteiger partial charge >= 0.3 is 0 Å². The first kappa shape index (κ1) is 19.0. The zero-order valence-corrected chi connectivity index (χ0v) is 17.1. The first-order valence-electron chi connectivity index (χ1n) is 10.3. The van der Waals surface area contributed by atoms with E-state index in [-0.39, 0.29) is 11.0 Å². The van der Waals surface area contributed by atoms with E-state index in [1.54, 1.807) is 4.68 Å². The monoisotopic (exact) mass is 382 g/mol. The molecule has 2 saturated heterocycles. The molecule has 1 aromatic carbocycles.